The van der Waals surface area contributed by atoms with E-state index in [9.17, 15) is 13.2 Å². The Balaban J connectivity index is 2.20. The first-order valence-electron chi connectivity index (χ1n) is 5.65. The average molecular weight is 296 g/mol. The Morgan fingerprint density at radius 2 is 1.95 bits per heavy atom. The number of hydrogen-bond acceptors (Lipinski definition) is 5. The lowest BCUT2D eigenvalue weighted by Gasteiger charge is -2.12. The molecular weight excluding hydrogens is 284 g/mol. The number of carboxylic acid groups (broad SMARTS) is 1. The van der Waals surface area contributed by atoms with Gasteiger partial charge in [-0.3, -0.25) is 4.98 Å². The number of nitrogens with zero attached hydrogens (tertiary/aromatic N) is 1. The minimum Gasteiger partial charge on any atom is -0.475 e. The molecule has 0 aliphatic heterocycles. The molecule has 0 bridgehead atoms. The summed E-state index contributed by atoms with van der Waals surface area (Å²) in [6.07, 6.45) is 3.10. The summed E-state index contributed by atoms with van der Waals surface area (Å²) in [6.45, 7) is 1.66. The summed E-state index contributed by atoms with van der Waals surface area (Å²) in [7, 11) is -3.92. The first-order valence-corrected chi connectivity index (χ1v) is 7.14. The maximum absolute atomic E-state index is 12.0. The Hall–Kier alpha value is -2.19. The van der Waals surface area contributed by atoms with Gasteiger partial charge in [-0.15, -0.1) is 0 Å². The van der Waals surface area contributed by atoms with Gasteiger partial charge in [0, 0.05) is 18.4 Å². The monoisotopic (exact) mass is 296 g/mol. The van der Waals surface area contributed by atoms with Crippen LogP contribution in [0.3, 0.4) is 0 Å². The molecule has 20 heavy (non-hydrogen) atoms. The van der Waals surface area contributed by atoms with E-state index < -0.39 is 32.9 Å². The van der Waals surface area contributed by atoms with E-state index in [1.165, 1.54) is 0 Å². The highest BCUT2D eigenvalue weighted by Crippen LogP contribution is 2.18. The molecule has 0 aliphatic rings. The molecule has 106 valence electrons. The molecular formula is C12H12N2O5S. The molecule has 0 fully saturated rings. The zero-order valence-electron chi connectivity index (χ0n) is 10.5. The molecule has 2 aromatic rings. The van der Waals surface area contributed by atoms with Crippen molar-refractivity contribution in [3.8, 4) is 0 Å². The highest BCUT2D eigenvalue weighted by atomic mass is 32.2. The normalized spacial score (nSPS) is 13.1. The van der Waals surface area contributed by atoms with E-state index in [2.05, 4.69) is 9.71 Å². The molecule has 0 saturated carbocycles. The SMILES string of the molecule is C[C@@H](NS(=O)(=O)c1ccc(C(=O)O)o1)c1ccncc1. The molecule has 2 heterocycles. The third-order valence-electron chi connectivity index (χ3n) is 2.60. The van der Waals surface area contributed by atoms with Crippen molar-refractivity contribution in [1.29, 1.82) is 0 Å². The van der Waals surface area contributed by atoms with Gasteiger partial charge in [-0.25, -0.2) is 17.9 Å². The van der Waals surface area contributed by atoms with Gasteiger partial charge >= 0.3 is 5.97 Å². The predicted octanol–water partition coefficient (Wildman–Crippen LogP) is 1.41. The minimum absolute atomic E-state index is 0.429. The zero-order chi connectivity index (χ0) is 14.8. The molecule has 2 aromatic heterocycles. The summed E-state index contributed by atoms with van der Waals surface area (Å²) in [4.78, 5) is 14.5. The third-order valence-corrected chi connectivity index (χ3v) is 4.01. The van der Waals surface area contributed by atoms with Crippen molar-refractivity contribution in [2.45, 2.75) is 18.1 Å². The maximum Gasteiger partial charge on any atom is 0.371 e. The Morgan fingerprint density at radius 1 is 1.30 bits per heavy atom. The molecule has 7 nitrogen and oxygen atoms in total. The average Bonchev–Trinajstić information content (AvgIpc) is 2.90. The standard InChI is InChI=1S/C12H12N2O5S/c1-8(9-4-6-13-7-5-9)14-20(17,18)11-3-2-10(19-11)12(15)16/h2-8,14H,1H3,(H,15,16)/t8-/m1/s1. The van der Waals surface area contributed by atoms with Crippen molar-refractivity contribution in [2.75, 3.05) is 0 Å². The number of furan rings is 1. The van der Waals surface area contributed by atoms with E-state index >= 15 is 0 Å². The number of carbonyl (C=O) groups is 1. The van der Waals surface area contributed by atoms with Gasteiger partial charge in [0.15, 0.2) is 0 Å². The molecule has 0 saturated heterocycles. The number of hydrogen-bond donors (Lipinski definition) is 2. The fraction of sp³-hybridized carbons (Fsp3) is 0.167. The molecule has 0 aliphatic carbocycles. The lowest BCUT2D eigenvalue weighted by molar-refractivity contribution is 0.0656. The Bertz CT molecular complexity index is 708. The van der Waals surface area contributed by atoms with Crippen LogP contribution in [0.1, 0.15) is 29.1 Å². The number of sulfonamides is 1. The lowest BCUT2D eigenvalue weighted by Crippen LogP contribution is -2.26. The summed E-state index contributed by atoms with van der Waals surface area (Å²) in [6, 6.07) is 5.05. The van der Waals surface area contributed by atoms with Crippen LogP contribution >= 0.6 is 0 Å². The molecule has 0 aromatic carbocycles. The molecule has 0 unspecified atom stereocenters. The maximum atomic E-state index is 12.0. The smallest absolute Gasteiger partial charge is 0.371 e. The molecule has 0 spiro atoms. The number of aromatic carboxylic acids is 1. The van der Waals surface area contributed by atoms with Gasteiger partial charge in [-0.1, -0.05) is 0 Å². The van der Waals surface area contributed by atoms with Gasteiger partial charge < -0.3 is 9.52 Å². The Labute approximate surface area is 115 Å². The van der Waals surface area contributed by atoms with Crippen LogP contribution in [0.15, 0.2) is 46.2 Å². The van der Waals surface area contributed by atoms with Crippen LogP contribution in [0, 0.1) is 0 Å². The van der Waals surface area contributed by atoms with Gasteiger partial charge in [-0.05, 0) is 36.8 Å². The van der Waals surface area contributed by atoms with Crippen LogP contribution < -0.4 is 4.72 Å². The van der Waals surface area contributed by atoms with Gasteiger partial charge in [0.2, 0.25) is 10.9 Å². The summed E-state index contributed by atoms with van der Waals surface area (Å²) in [5.41, 5.74) is 0.730. The zero-order valence-corrected chi connectivity index (χ0v) is 11.3. The van der Waals surface area contributed by atoms with Crippen LogP contribution in [0.2, 0.25) is 0 Å². The number of aromatic nitrogens is 1. The summed E-state index contributed by atoms with van der Waals surface area (Å²) in [5, 5.41) is 8.27. The van der Waals surface area contributed by atoms with Crippen LogP contribution in [0.5, 0.6) is 0 Å². The van der Waals surface area contributed by atoms with E-state index in [-0.39, 0.29) is 0 Å². The van der Waals surface area contributed by atoms with E-state index in [1.54, 1.807) is 31.5 Å². The van der Waals surface area contributed by atoms with Gasteiger partial charge in [0.05, 0.1) is 0 Å². The second-order valence-corrected chi connectivity index (χ2v) is 5.69. The topological polar surface area (TPSA) is 110 Å². The second-order valence-electron chi connectivity index (χ2n) is 4.05. The highest BCUT2D eigenvalue weighted by Gasteiger charge is 2.23. The summed E-state index contributed by atoms with van der Waals surface area (Å²) < 4.78 is 31.3. The van der Waals surface area contributed by atoms with Crippen molar-refractivity contribution >= 4 is 16.0 Å². The minimum atomic E-state index is -3.92. The van der Waals surface area contributed by atoms with Crippen molar-refractivity contribution in [2.24, 2.45) is 0 Å². The summed E-state index contributed by atoms with van der Waals surface area (Å²) >= 11 is 0. The fourth-order valence-electron chi connectivity index (χ4n) is 1.59. The molecule has 1 atom stereocenters. The number of rotatable bonds is 5. The van der Waals surface area contributed by atoms with Gasteiger partial charge in [-0.2, -0.15) is 0 Å². The molecule has 8 heteroatoms. The van der Waals surface area contributed by atoms with Crippen LogP contribution in [-0.2, 0) is 10.0 Å². The largest absolute Gasteiger partial charge is 0.475 e. The third kappa shape index (κ3) is 3.03. The molecule has 0 radical (unpaired) electrons. The number of carboxylic acids is 1. The molecule has 2 N–H and O–H groups in total. The van der Waals surface area contributed by atoms with Crippen LogP contribution in [-0.4, -0.2) is 24.5 Å². The number of pyridine rings is 1. The molecule has 2 rings (SSSR count). The first-order chi connectivity index (χ1) is 9.40. The van der Waals surface area contributed by atoms with E-state index in [0.29, 0.717) is 0 Å². The lowest BCUT2D eigenvalue weighted by atomic mass is 10.1. The fourth-order valence-corrected chi connectivity index (χ4v) is 2.75. The number of nitrogens with one attached hydrogen (secondary N) is 1. The Morgan fingerprint density at radius 3 is 2.50 bits per heavy atom. The first kappa shape index (κ1) is 14.2. The van der Waals surface area contributed by atoms with Crippen LogP contribution in [0.25, 0.3) is 0 Å². The van der Waals surface area contributed by atoms with Crippen molar-refractivity contribution < 1.29 is 22.7 Å². The van der Waals surface area contributed by atoms with Gasteiger partial charge in [0.25, 0.3) is 10.0 Å². The van der Waals surface area contributed by atoms with Crippen molar-refractivity contribution in [3.63, 3.8) is 0 Å². The van der Waals surface area contributed by atoms with E-state index in [0.717, 1.165) is 17.7 Å². The van der Waals surface area contributed by atoms with E-state index in [1.807, 2.05) is 0 Å². The molecule has 0 amide bonds. The van der Waals surface area contributed by atoms with Crippen molar-refractivity contribution in [1.82, 2.24) is 9.71 Å². The summed E-state index contributed by atoms with van der Waals surface area (Å²) in [5.74, 6) is -1.75. The highest BCUT2D eigenvalue weighted by molar-refractivity contribution is 7.89. The predicted molar refractivity (Wildman–Crippen MR) is 68.6 cm³/mol. The second kappa shape index (κ2) is 5.43. The van der Waals surface area contributed by atoms with Crippen molar-refractivity contribution in [3.05, 3.63) is 48.0 Å². The van der Waals surface area contributed by atoms with Gasteiger partial charge in [0.1, 0.15) is 0 Å². The van der Waals surface area contributed by atoms with Crippen LogP contribution in [0.4, 0.5) is 0 Å². The quantitative estimate of drug-likeness (QED) is 0.863. The van der Waals surface area contributed by atoms with E-state index in [4.69, 9.17) is 9.52 Å². The Kier molecular flexibility index (Phi) is 3.86.